The first-order valence-electron chi connectivity index (χ1n) is 5.91. The summed E-state index contributed by atoms with van der Waals surface area (Å²) in [6.45, 7) is 0. The summed E-state index contributed by atoms with van der Waals surface area (Å²) in [5, 5.41) is -0.187. The van der Waals surface area contributed by atoms with Crippen LogP contribution in [0.2, 0.25) is 5.02 Å². The Morgan fingerprint density at radius 1 is 1.18 bits per heavy atom. The van der Waals surface area contributed by atoms with Crippen LogP contribution in [0.4, 0.5) is 4.39 Å². The maximum Gasteiger partial charge on any atom is 0.339 e. The van der Waals surface area contributed by atoms with Crippen molar-refractivity contribution in [1.82, 2.24) is 0 Å². The molecule has 0 radical (unpaired) electrons. The third-order valence-electron chi connectivity index (χ3n) is 2.64. The molecule has 0 aliphatic heterocycles. The topological polar surface area (TPSA) is 69.7 Å². The lowest BCUT2D eigenvalue weighted by Crippen LogP contribution is -2.11. The molecule has 2 rings (SSSR count). The van der Waals surface area contributed by atoms with Crippen molar-refractivity contribution in [1.29, 1.82) is 0 Å². The number of esters is 1. The highest BCUT2D eigenvalue weighted by molar-refractivity contribution is 7.87. The molecule has 5 nitrogen and oxygen atoms in total. The molecule has 0 heterocycles. The lowest BCUT2D eigenvalue weighted by Gasteiger charge is -2.09. The molecule has 0 fully saturated rings. The summed E-state index contributed by atoms with van der Waals surface area (Å²) in [5.41, 5.74) is 0.0531. The first kappa shape index (κ1) is 16.3. The predicted octanol–water partition coefficient (Wildman–Crippen LogP) is 3.03. The van der Waals surface area contributed by atoms with Gasteiger partial charge >= 0.3 is 16.1 Å². The molecule has 22 heavy (non-hydrogen) atoms. The minimum Gasteiger partial charge on any atom is -0.465 e. The van der Waals surface area contributed by atoms with Crippen LogP contribution in [-0.4, -0.2) is 21.5 Å². The van der Waals surface area contributed by atoms with Crippen LogP contribution in [0.15, 0.2) is 47.4 Å². The van der Waals surface area contributed by atoms with Crippen molar-refractivity contribution in [3.8, 4) is 5.75 Å². The van der Waals surface area contributed by atoms with Gasteiger partial charge in [-0.25, -0.2) is 9.18 Å². The van der Waals surface area contributed by atoms with Gasteiger partial charge in [-0.15, -0.1) is 0 Å². The third-order valence-corrected chi connectivity index (χ3v) is 4.16. The van der Waals surface area contributed by atoms with E-state index in [-0.39, 0.29) is 21.2 Å². The molecule has 2 aromatic rings. The SMILES string of the molecule is COC(=O)c1cccc(S(=O)(=O)Oc2ccc(F)cc2Cl)c1. The third kappa shape index (κ3) is 3.55. The van der Waals surface area contributed by atoms with E-state index in [0.717, 1.165) is 24.3 Å². The smallest absolute Gasteiger partial charge is 0.339 e. The first-order valence-corrected chi connectivity index (χ1v) is 7.70. The summed E-state index contributed by atoms with van der Waals surface area (Å²) in [6, 6.07) is 8.17. The number of carbonyl (C=O) groups is 1. The molecule has 0 aromatic heterocycles. The van der Waals surface area contributed by atoms with E-state index in [1.165, 1.54) is 25.3 Å². The zero-order valence-electron chi connectivity index (χ0n) is 11.2. The molecule has 0 N–H and O–H groups in total. The standard InChI is InChI=1S/C14H10ClFO5S/c1-20-14(17)9-3-2-4-11(7-9)22(18,19)21-13-6-5-10(16)8-12(13)15/h2-8H,1H3. The lowest BCUT2D eigenvalue weighted by atomic mass is 10.2. The molecular formula is C14H10ClFO5S. The maximum absolute atomic E-state index is 12.9. The molecule has 0 atom stereocenters. The fourth-order valence-corrected chi connectivity index (χ4v) is 2.85. The Morgan fingerprint density at radius 3 is 2.55 bits per heavy atom. The minimum atomic E-state index is -4.23. The summed E-state index contributed by atoms with van der Waals surface area (Å²) >= 11 is 5.72. The number of carbonyl (C=O) groups excluding carboxylic acids is 1. The minimum absolute atomic E-state index is 0.0531. The van der Waals surface area contributed by atoms with Crippen LogP contribution in [0.3, 0.4) is 0 Å². The van der Waals surface area contributed by atoms with Crippen molar-refractivity contribution in [3.63, 3.8) is 0 Å². The van der Waals surface area contributed by atoms with E-state index >= 15 is 0 Å². The summed E-state index contributed by atoms with van der Waals surface area (Å²) < 4.78 is 46.7. The van der Waals surface area contributed by atoms with Crippen molar-refractivity contribution >= 4 is 27.7 Å². The van der Waals surface area contributed by atoms with Crippen LogP contribution < -0.4 is 4.18 Å². The van der Waals surface area contributed by atoms with Gasteiger partial charge in [0.15, 0.2) is 5.75 Å². The number of ether oxygens (including phenoxy) is 1. The maximum atomic E-state index is 12.9. The van der Waals surface area contributed by atoms with Crippen LogP contribution in [0.5, 0.6) is 5.75 Å². The van der Waals surface area contributed by atoms with Crippen LogP contribution in [0, 0.1) is 5.82 Å². The number of rotatable bonds is 4. The molecule has 2 aromatic carbocycles. The molecule has 0 aliphatic rings. The predicted molar refractivity (Wildman–Crippen MR) is 77.0 cm³/mol. The summed E-state index contributed by atoms with van der Waals surface area (Å²) in [5.74, 6) is -1.52. The Morgan fingerprint density at radius 2 is 1.91 bits per heavy atom. The van der Waals surface area contributed by atoms with Crippen LogP contribution >= 0.6 is 11.6 Å². The largest absolute Gasteiger partial charge is 0.465 e. The van der Waals surface area contributed by atoms with Crippen molar-refractivity contribution < 1.29 is 26.5 Å². The quantitative estimate of drug-likeness (QED) is 0.630. The average Bonchev–Trinajstić information content (AvgIpc) is 2.49. The van der Waals surface area contributed by atoms with E-state index in [4.69, 9.17) is 15.8 Å². The molecule has 116 valence electrons. The Labute approximate surface area is 131 Å². The van der Waals surface area contributed by atoms with Gasteiger partial charge in [-0.05, 0) is 36.4 Å². The Hall–Kier alpha value is -2.12. The van der Waals surface area contributed by atoms with Gasteiger partial charge in [0.1, 0.15) is 10.7 Å². The highest BCUT2D eigenvalue weighted by Crippen LogP contribution is 2.28. The van der Waals surface area contributed by atoms with E-state index in [1.54, 1.807) is 0 Å². The molecule has 0 aliphatic carbocycles. The second-order valence-electron chi connectivity index (χ2n) is 4.13. The second-order valence-corrected chi connectivity index (χ2v) is 6.09. The zero-order valence-corrected chi connectivity index (χ0v) is 12.8. The van der Waals surface area contributed by atoms with Crippen LogP contribution in [0.1, 0.15) is 10.4 Å². The van der Waals surface area contributed by atoms with Gasteiger partial charge in [-0.2, -0.15) is 8.42 Å². The number of hydrogen-bond acceptors (Lipinski definition) is 5. The Balaban J connectivity index is 2.36. The average molecular weight is 345 g/mol. The monoisotopic (exact) mass is 344 g/mol. The van der Waals surface area contributed by atoms with Gasteiger partial charge < -0.3 is 8.92 Å². The van der Waals surface area contributed by atoms with Gasteiger partial charge in [0, 0.05) is 0 Å². The molecule has 0 amide bonds. The Kier molecular flexibility index (Phi) is 4.68. The van der Waals surface area contributed by atoms with Gasteiger partial charge in [0.05, 0.1) is 17.7 Å². The number of methoxy groups -OCH3 is 1. The molecule has 0 spiro atoms. The van der Waals surface area contributed by atoms with Crippen LogP contribution in [-0.2, 0) is 14.9 Å². The second kappa shape index (κ2) is 6.33. The fourth-order valence-electron chi connectivity index (χ4n) is 1.61. The van der Waals surface area contributed by atoms with Gasteiger partial charge in [-0.1, -0.05) is 17.7 Å². The van der Waals surface area contributed by atoms with Crippen molar-refractivity contribution in [2.45, 2.75) is 4.90 Å². The summed E-state index contributed by atoms with van der Waals surface area (Å²) in [6.07, 6.45) is 0. The fraction of sp³-hybridized carbons (Fsp3) is 0.0714. The van der Waals surface area contributed by atoms with E-state index in [0.29, 0.717) is 0 Å². The van der Waals surface area contributed by atoms with Gasteiger partial charge in [0.2, 0.25) is 0 Å². The van der Waals surface area contributed by atoms with Crippen LogP contribution in [0.25, 0.3) is 0 Å². The van der Waals surface area contributed by atoms with E-state index < -0.39 is 21.9 Å². The van der Waals surface area contributed by atoms with E-state index in [2.05, 4.69) is 4.74 Å². The highest BCUT2D eigenvalue weighted by Gasteiger charge is 2.20. The van der Waals surface area contributed by atoms with Crippen molar-refractivity contribution in [3.05, 3.63) is 58.9 Å². The molecule has 0 saturated heterocycles. The Bertz CT molecular complexity index is 820. The normalized spacial score (nSPS) is 11.0. The molecule has 0 saturated carbocycles. The molecule has 0 bridgehead atoms. The summed E-state index contributed by atoms with van der Waals surface area (Å²) in [7, 11) is -3.05. The molecule has 0 unspecified atom stereocenters. The molecular weight excluding hydrogens is 335 g/mol. The van der Waals surface area contributed by atoms with Crippen molar-refractivity contribution in [2.75, 3.05) is 7.11 Å². The zero-order chi connectivity index (χ0) is 16.3. The lowest BCUT2D eigenvalue weighted by molar-refractivity contribution is 0.0600. The number of hydrogen-bond donors (Lipinski definition) is 0. The first-order chi connectivity index (χ1) is 10.3. The molecule has 8 heteroatoms. The number of halogens is 2. The van der Waals surface area contributed by atoms with E-state index in [9.17, 15) is 17.6 Å². The van der Waals surface area contributed by atoms with Gasteiger partial charge in [0.25, 0.3) is 0 Å². The highest BCUT2D eigenvalue weighted by atomic mass is 35.5. The van der Waals surface area contributed by atoms with Gasteiger partial charge in [-0.3, -0.25) is 0 Å². The number of benzene rings is 2. The van der Waals surface area contributed by atoms with E-state index in [1.807, 2.05) is 0 Å². The summed E-state index contributed by atoms with van der Waals surface area (Å²) in [4.78, 5) is 11.2. The van der Waals surface area contributed by atoms with Crippen molar-refractivity contribution in [2.24, 2.45) is 0 Å².